The Bertz CT molecular complexity index is 532. The zero-order valence-corrected chi connectivity index (χ0v) is 12.3. The lowest BCUT2D eigenvalue weighted by Gasteiger charge is -2.35. The molecule has 1 saturated heterocycles. The van der Waals surface area contributed by atoms with Crippen LogP contribution in [0.2, 0.25) is 0 Å². The number of benzene rings is 1. The Balaban J connectivity index is 2.05. The highest BCUT2D eigenvalue weighted by Crippen LogP contribution is 2.13. The number of ether oxygens (including phenoxy) is 1. The average molecular weight is 292 g/mol. The summed E-state index contributed by atoms with van der Waals surface area (Å²) in [4.78, 5) is 26.5. The predicted octanol–water partition coefficient (Wildman–Crippen LogP) is 1.33. The minimum absolute atomic E-state index is 0.0410. The van der Waals surface area contributed by atoms with Gasteiger partial charge in [-0.05, 0) is 12.5 Å². The van der Waals surface area contributed by atoms with Crippen molar-refractivity contribution in [3.63, 3.8) is 0 Å². The average Bonchev–Trinajstić information content (AvgIpc) is 2.46. The molecule has 1 heterocycles. The van der Waals surface area contributed by atoms with Gasteiger partial charge in [0.05, 0.1) is 13.2 Å². The molecular weight excluding hydrogens is 272 g/mol. The van der Waals surface area contributed by atoms with E-state index >= 15 is 0 Å². The van der Waals surface area contributed by atoms with Crippen molar-refractivity contribution in [1.29, 1.82) is 0 Å². The van der Waals surface area contributed by atoms with Gasteiger partial charge < -0.3 is 19.6 Å². The van der Waals surface area contributed by atoms with Gasteiger partial charge in [0, 0.05) is 20.1 Å². The van der Waals surface area contributed by atoms with Crippen LogP contribution in [0.25, 0.3) is 0 Å². The highest BCUT2D eigenvalue weighted by Gasteiger charge is 2.34. The number of carboxylic acid groups (broad SMARTS) is 1. The molecule has 0 bridgehead atoms. The predicted molar refractivity (Wildman–Crippen MR) is 77.0 cm³/mol. The second-order valence-corrected chi connectivity index (χ2v) is 5.25. The van der Waals surface area contributed by atoms with Crippen LogP contribution < -0.4 is 0 Å². The molecule has 114 valence electrons. The first-order valence-corrected chi connectivity index (χ1v) is 6.87. The molecular formula is C15H20N2O4. The number of carbonyl (C=O) groups excluding carboxylic acids is 1. The molecule has 2 amide bonds. The molecule has 2 rings (SSSR count). The van der Waals surface area contributed by atoms with Crippen molar-refractivity contribution >= 4 is 12.0 Å². The van der Waals surface area contributed by atoms with E-state index in [2.05, 4.69) is 0 Å². The molecule has 1 aromatic rings. The number of hydrogen-bond acceptors (Lipinski definition) is 3. The number of carbonyl (C=O) groups is 2. The highest BCUT2D eigenvalue weighted by atomic mass is 16.5. The summed E-state index contributed by atoms with van der Waals surface area (Å²) < 4.78 is 5.14. The summed E-state index contributed by atoms with van der Waals surface area (Å²) in [7, 11) is 1.68. The summed E-state index contributed by atoms with van der Waals surface area (Å²) in [5.74, 6) is -1.04. The normalized spacial score (nSPS) is 18.4. The number of carboxylic acids is 1. The second kappa shape index (κ2) is 6.58. The Morgan fingerprint density at radius 1 is 1.48 bits per heavy atom. The van der Waals surface area contributed by atoms with E-state index in [-0.39, 0.29) is 12.6 Å². The molecule has 6 nitrogen and oxygen atoms in total. The molecule has 6 heteroatoms. The van der Waals surface area contributed by atoms with E-state index in [1.807, 2.05) is 31.2 Å². The number of morpholine rings is 1. The van der Waals surface area contributed by atoms with Crippen LogP contribution in [0.4, 0.5) is 4.79 Å². The molecule has 1 unspecified atom stereocenters. The van der Waals surface area contributed by atoms with Gasteiger partial charge in [-0.25, -0.2) is 9.59 Å². The SMILES string of the molecule is Cc1cccc(CN(C)C(=O)N2CCOCC2C(=O)O)c1. The molecule has 0 aliphatic carbocycles. The van der Waals surface area contributed by atoms with Gasteiger partial charge in [0.1, 0.15) is 0 Å². The van der Waals surface area contributed by atoms with E-state index in [9.17, 15) is 14.7 Å². The van der Waals surface area contributed by atoms with Crippen molar-refractivity contribution in [2.45, 2.75) is 19.5 Å². The van der Waals surface area contributed by atoms with Crippen LogP contribution in [0.5, 0.6) is 0 Å². The third-order valence-electron chi connectivity index (χ3n) is 3.49. The second-order valence-electron chi connectivity index (χ2n) is 5.25. The van der Waals surface area contributed by atoms with Crippen LogP contribution in [-0.4, -0.2) is 59.8 Å². The van der Waals surface area contributed by atoms with E-state index in [0.717, 1.165) is 11.1 Å². The first-order valence-electron chi connectivity index (χ1n) is 6.87. The van der Waals surface area contributed by atoms with Crippen molar-refractivity contribution in [3.05, 3.63) is 35.4 Å². The largest absolute Gasteiger partial charge is 0.480 e. The summed E-state index contributed by atoms with van der Waals surface area (Å²) in [6.45, 7) is 3.15. The Kier molecular flexibility index (Phi) is 4.80. The van der Waals surface area contributed by atoms with Crippen LogP contribution in [0.1, 0.15) is 11.1 Å². The lowest BCUT2D eigenvalue weighted by molar-refractivity contribution is -0.147. The Morgan fingerprint density at radius 2 is 2.24 bits per heavy atom. The molecule has 1 aromatic carbocycles. The van der Waals surface area contributed by atoms with Crippen LogP contribution >= 0.6 is 0 Å². The molecule has 0 radical (unpaired) electrons. The van der Waals surface area contributed by atoms with Crippen molar-refractivity contribution in [2.75, 3.05) is 26.8 Å². The van der Waals surface area contributed by atoms with E-state index < -0.39 is 12.0 Å². The first kappa shape index (κ1) is 15.3. The maximum absolute atomic E-state index is 12.4. The first-order chi connectivity index (χ1) is 9.99. The van der Waals surface area contributed by atoms with Crippen LogP contribution in [0, 0.1) is 6.92 Å². The third-order valence-corrected chi connectivity index (χ3v) is 3.49. The summed E-state index contributed by atoms with van der Waals surface area (Å²) in [5.41, 5.74) is 2.15. The molecule has 0 aromatic heterocycles. The maximum Gasteiger partial charge on any atom is 0.328 e. The van der Waals surface area contributed by atoms with Gasteiger partial charge >= 0.3 is 12.0 Å². The summed E-state index contributed by atoms with van der Waals surface area (Å²) in [5, 5.41) is 9.17. The monoisotopic (exact) mass is 292 g/mol. The Labute approximate surface area is 123 Å². The zero-order valence-electron chi connectivity index (χ0n) is 12.3. The fourth-order valence-corrected chi connectivity index (χ4v) is 2.41. The number of aryl methyl sites for hydroxylation is 1. The number of hydrogen-bond donors (Lipinski definition) is 1. The highest BCUT2D eigenvalue weighted by molar-refractivity contribution is 5.83. The summed E-state index contributed by atoms with van der Waals surface area (Å²) in [6.07, 6.45) is 0. The van der Waals surface area contributed by atoms with E-state index in [0.29, 0.717) is 19.7 Å². The molecule has 1 N–H and O–H groups in total. The van der Waals surface area contributed by atoms with E-state index in [1.54, 1.807) is 7.05 Å². The van der Waals surface area contributed by atoms with Crippen molar-refractivity contribution in [2.24, 2.45) is 0 Å². The molecule has 0 spiro atoms. The smallest absolute Gasteiger partial charge is 0.328 e. The van der Waals surface area contributed by atoms with Crippen molar-refractivity contribution in [1.82, 2.24) is 9.80 Å². The number of urea groups is 1. The minimum atomic E-state index is -1.04. The maximum atomic E-state index is 12.4. The van der Waals surface area contributed by atoms with Crippen molar-refractivity contribution in [3.8, 4) is 0 Å². The Morgan fingerprint density at radius 3 is 2.90 bits per heavy atom. The third kappa shape index (κ3) is 3.72. The summed E-state index contributed by atoms with van der Waals surface area (Å²) in [6, 6.07) is 6.70. The fourth-order valence-electron chi connectivity index (χ4n) is 2.41. The van der Waals surface area contributed by atoms with E-state index in [4.69, 9.17) is 4.74 Å². The molecule has 1 atom stereocenters. The number of nitrogens with zero attached hydrogens (tertiary/aromatic N) is 2. The fraction of sp³-hybridized carbons (Fsp3) is 0.467. The van der Waals surface area contributed by atoms with Gasteiger partial charge in [0.25, 0.3) is 0 Å². The lowest BCUT2D eigenvalue weighted by Crippen LogP contribution is -2.55. The van der Waals surface area contributed by atoms with Gasteiger partial charge in [-0.3, -0.25) is 0 Å². The van der Waals surface area contributed by atoms with Gasteiger partial charge in [-0.2, -0.15) is 0 Å². The summed E-state index contributed by atoms with van der Waals surface area (Å²) >= 11 is 0. The number of amides is 2. The van der Waals surface area contributed by atoms with Gasteiger partial charge in [0.15, 0.2) is 6.04 Å². The van der Waals surface area contributed by atoms with Crippen LogP contribution in [0.3, 0.4) is 0 Å². The molecule has 1 fully saturated rings. The molecule has 0 saturated carbocycles. The number of aliphatic carboxylic acids is 1. The van der Waals surface area contributed by atoms with Crippen molar-refractivity contribution < 1.29 is 19.4 Å². The van der Waals surface area contributed by atoms with Crippen LogP contribution in [0.15, 0.2) is 24.3 Å². The zero-order chi connectivity index (χ0) is 15.4. The Hall–Kier alpha value is -2.08. The molecule has 21 heavy (non-hydrogen) atoms. The van der Waals surface area contributed by atoms with E-state index in [1.165, 1.54) is 9.80 Å². The minimum Gasteiger partial charge on any atom is -0.480 e. The standard InChI is InChI=1S/C15H20N2O4/c1-11-4-3-5-12(8-11)9-16(2)15(20)17-6-7-21-10-13(17)14(18)19/h3-5,8,13H,6-7,9-10H2,1-2H3,(H,18,19). The van der Waals surface area contributed by atoms with Crippen LogP contribution in [-0.2, 0) is 16.1 Å². The van der Waals surface area contributed by atoms with Gasteiger partial charge in [0.2, 0.25) is 0 Å². The molecule has 1 aliphatic rings. The lowest BCUT2D eigenvalue weighted by atomic mass is 10.1. The number of rotatable bonds is 3. The van der Waals surface area contributed by atoms with Gasteiger partial charge in [-0.15, -0.1) is 0 Å². The quantitative estimate of drug-likeness (QED) is 0.912. The van der Waals surface area contributed by atoms with Gasteiger partial charge in [-0.1, -0.05) is 29.8 Å². The molecule has 1 aliphatic heterocycles. The topological polar surface area (TPSA) is 70.1 Å².